The first kappa shape index (κ1) is 18.6. The molecule has 0 amide bonds. The van der Waals surface area contributed by atoms with E-state index < -0.39 is 0 Å². The standard InChI is InChI=1S/C21H25N5O/c1-16-7-9-17(10-8-16)14-18-15-24-21(25-20(18)27)23-12-5-13-26(2)19-6-3-4-11-22-19/h3-4,6-11,15H,5,12-14H2,1-2H3,(H2,23,24,25,27). The summed E-state index contributed by atoms with van der Waals surface area (Å²) in [6.07, 6.45) is 4.93. The van der Waals surface area contributed by atoms with E-state index in [4.69, 9.17) is 0 Å². The highest BCUT2D eigenvalue weighted by atomic mass is 16.1. The van der Waals surface area contributed by atoms with Gasteiger partial charge < -0.3 is 10.2 Å². The summed E-state index contributed by atoms with van der Waals surface area (Å²) in [5.74, 6) is 1.46. The Hall–Kier alpha value is -3.15. The molecule has 0 aliphatic carbocycles. The Morgan fingerprint density at radius 3 is 2.63 bits per heavy atom. The van der Waals surface area contributed by atoms with E-state index in [2.05, 4.69) is 37.3 Å². The Morgan fingerprint density at radius 1 is 1.11 bits per heavy atom. The van der Waals surface area contributed by atoms with E-state index in [0.717, 1.165) is 30.9 Å². The third kappa shape index (κ3) is 5.41. The summed E-state index contributed by atoms with van der Waals surface area (Å²) >= 11 is 0. The van der Waals surface area contributed by atoms with Gasteiger partial charge in [0.15, 0.2) is 0 Å². The van der Waals surface area contributed by atoms with Crippen molar-refractivity contribution in [3.05, 3.63) is 81.9 Å². The normalized spacial score (nSPS) is 10.6. The molecule has 2 N–H and O–H groups in total. The van der Waals surface area contributed by atoms with Crippen molar-refractivity contribution >= 4 is 11.8 Å². The lowest BCUT2D eigenvalue weighted by Crippen LogP contribution is -2.23. The molecule has 140 valence electrons. The highest BCUT2D eigenvalue weighted by molar-refractivity contribution is 5.36. The first-order chi connectivity index (χ1) is 13.1. The van der Waals surface area contributed by atoms with Crippen LogP contribution in [0.1, 0.15) is 23.1 Å². The molecule has 2 aromatic heterocycles. The largest absolute Gasteiger partial charge is 0.360 e. The van der Waals surface area contributed by atoms with Crippen molar-refractivity contribution in [1.29, 1.82) is 0 Å². The van der Waals surface area contributed by atoms with E-state index in [-0.39, 0.29) is 5.56 Å². The third-order valence-electron chi connectivity index (χ3n) is 4.39. The summed E-state index contributed by atoms with van der Waals surface area (Å²) < 4.78 is 0. The number of pyridine rings is 1. The minimum absolute atomic E-state index is 0.0984. The number of nitrogens with zero attached hydrogens (tertiary/aromatic N) is 3. The Labute approximate surface area is 159 Å². The van der Waals surface area contributed by atoms with Crippen molar-refractivity contribution in [2.75, 3.05) is 30.4 Å². The van der Waals surface area contributed by atoms with Crippen molar-refractivity contribution in [2.24, 2.45) is 0 Å². The highest BCUT2D eigenvalue weighted by Crippen LogP contribution is 2.09. The number of anilines is 2. The molecule has 0 aliphatic rings. The molecule has 0 saturated carbocycles. The van der Waals surface area contributed by atoms with Gasteiger partial charge >= 0.3 is 0 Å². The number of hydrogen-bond acceptors (Lipinski definition) is 5. The minimum Gasteiger partial charge on any atom is -0.360 e. The zero-order chi connectivity index (χ0) is 19.1. The van der Waals surface area contributed by atoms with Crippen molar-refractivity contribution in [3.63, 3.8) is 0 Å². The van der Waals surface area contributed by atoms with Gasteiger partial charge in [0.05, 0.1) is 0 Å². The molecule has 1 aromatic carbocycles. The molecule has 3 aromatic rings. The van der Waals surface area contributed by atoms with E-state index in [0.29, 0.717) is 17.9 Å². The maximum atomic E-state index is 12.3. The average molecular weight is 363 g/mol. The van der Waals surface area contributed by atoms with Crippen molar-refractivity contribution in [1.82, 2.24) is 15.0 Å². The molecule has 0 unspecified atom stereocenters. The van der Waals surface area contributed by atoms with Crippen molar-refractivity contribution < 1.29 is 0 Å². The van der Waals surface area contributed by atoms with Gasteiger partial charge in [-0.05, 0) is 31.0 Å². The van der Waals surface area contributed by atoms with Crippen LogP contribution in [0.5, 0.6) is 0 Å². The monoisotopic (exact) mass is 363 g/mol. The molecule has 0 aliphatic heterocycles. The van der Waals surface area contributed by atoms with Gasteiger partial charge in [-0.2, -0.15) is 0 Å². The van der Waals surface area contributed by atoms with Crippen LogP contribution in [0.4, 0.5) is 11.8 Å². The van der Waals surface area contributed by atoms with Gasteiger partial charge in [0, 0.05) is 44.5 Å². The van der Waals surface area contributed by atoms with Gasteiger partial charge in [0.2, 0.25) is 5.95 Å². The van der Waals surface area contributed by atoms with Crippen LogP contribution in [0.15, 0.2) is 59.7 Å². The smallest absolute Gasteiger partial charge is 0.255 e. The fourth-order valence-electron chi connectivity index (χ4n) is 2.78. The van der Waals surface area contributed by atoms with E-state index in [1.54, 1.807) is 12.4 Å². The molecule has 27 heavy (non-hydrogen) atoms. The van der Waals surface area contributed by atoms with Crippen LogP contribution in [-0.2, 0) is 6.42 Å². The fourth-order valence-corrected chi connectivity index (χ4v) is 2.78. The molecule has 0 fully saturated rings. The molecular weight excluding hydrogens is 338 g/mol. The first-order valence-electron chi connectivity index (χ1n) is 9.11. The summed E-state index contributed by atoms with van der Waals surface area (Å²) in [5, 5.41) is 3.18. The Morgan fingerprint density at radius 2 is 1.93 bits per heavy atom. The van der Waals surface area contributed by atoms with Gasteiger partial charge in [-0.1, -0.05) is 35.9 Å². The van der Waals surface area contributed by atoms with Gasteiger partial charge in [-0.15, -0.1) is 0 Å². The van der Waals surface area contributed by atoms with Crippen LogP contribution >= 0.6 is 0 Å². The van der Waals surface area contributed by atoms with Crippen molar-refractivity contribution in [3.8, 4) is 0 Å². The lowest BCUT2D eigenvalue weighted by Gasteiger charge is -2.17. The van der Waals surface area contributed by atoms with Crippen molar-refractivity contribution in [2.45, 2.75) is 19.8 Å². The predicted octanol–water partition coefficient (Wildman–Crippen LogP) is 3.00. The molecular formula is C21H25N5O. The Bertz CT molecular complexity index is 906. The second kappa shape index (κ2) is 8.98. The lowest BCUT2D eigenvalue weighted by atomic mass is 10.1. The van der Waals surface area contributed by atoms with Crippen LogP contribution in [0.2, 0.25) is 0 Å². The molecule has 2 heterocycles. The number of H-pyrrole nitrogens is 1. The van der Waals surface area contributed by atoms with Crippen LogP contribution in [0.3, 0.4) is 0 Å². The zero-order valence-corrected chi connectivity index (χ0v) is 15.8. The highest BCUT2D eigenvalue weighted by Gasteiger charge is 2.05. The third-order valence-corrected chi connectivity index (χ3v) is 4.39. The van der Waals surface area contributed by atoms with Crippen LogP contribution < -0.4 is 15.8 Å². The maximum absolute atomic E-state index is 12.3. The molecule has 6 heteroatoms. The van der Waals surface area contributed by atoms with Crippen LogP contribution in [0, 0.1) is 6.92 Å². The maximum Gasteiger partial charge on any atom is 0.255 e. The number of hydrogen-bond donors (Lipinski definition) is 2. The van der Waals surface area contributed by atoms with E-state index in [9.17, 15) is 4.79 Å². The molecule has 0 radical (unpaired) electrons. The second-order valence-electron chi connectivity index (χ2n) is 6.64. The lowest BCUT2D eigenvalue weighted by molar-refractivity contribution is 0.799. The van der Waals surface area contributed by atoms with Crippen LogP contribution in [-0.4, -0.2) is 35.1 Å². The Kier molecular flexibility index (Phi) is 6.20. The molecule has 6 nitrogen and oxygen atoms in total. The molecule has 3 rings (SSSR count). The summed E-state index contributed by atoms with van der Waals surface area (Å²) in [7, 11) is 2.02. The summed E-state index contributed by atoms with van der Waals surface area (Å²) in [6, 6.07) is 14.0. The number of rotatable bonds is 8. The quantitative estimate of drug-likeness (QED) is 0.602. The Balaban J connectivity index is 1.49. The summed E-state index contributed by atoms with van der Waals surface area (Å²) in [4.78, 5) is 25.9. The number of nitrogens with one attached hydrogen (secondary N) is 2. The van der Waals surface area contributed by atoms with E-state index >= 15 is 0 Å². The first-order valence-corrected chi connectivity index (χ1v) is 9.11. The van der Waals surface area contributed by atoms with E-state index in [1.807, 2.05) is 44.3 Å². The van der Waals surface area contributed by atoms with Gasteiger partial charge in [-0.25, -0.2) is 9.97 Å². The van der Waals surface area contributed by atoms with E-state index in [1.165, 1.54) is 5.56 Å². The summed E-state index contributed by atoms with van der Waals surface area (Å²) in [5.41, 5.74) is 2.88. The van der Waals surface area contributed by atoms with Gasteiger partial charge in [0.25, 0.3) is 5.56 Å². The minimum atomic E-state index is -0.0984. The average Bonchev–Trinajstić information content (AvgIpc) is 2.69. The topological polar surface area (TPSA) is 73.9 Å². The molecule has 0 bridgehead atoms. The molecule has 0 saturated heterocycles. The predicted molar refractivity (Wildman–Crippen MR) is 109 cm³/mol. The number of aryl methyl sites for hydroxylation is 1. The SMILES string of the molecule is Cc1ccc(Cc2cnc(NCCCN(C)c3ccccn3)[nH]c2=O)cc1. The summed E-state index contributed by atoms with van der Waals surface area (Å²) in [6.45, 7) is 3.63. The number of aromatic amines is 1. The molecule has 0 spiro atoms. The van der Waals surface area contributed by atoms with Gasteiger partial charge in [-0.3, -0.25) is 9.78 Å². The van der Waals surface area contributed by atoms with Gasteiger partial charge in [0.1, 0.15) is 5.82 Å². The molecule has 0 atom stereocenters. The zero-order valence-electron chi connectivity index (χ0n) is 15.8. The number of benzene rings is 1. The second-order valence-corrected chi connectivity index (χ2v) is 6.64. The number of aromatic nitrogens is 3. The van der Waals surface area contributed by atoms with Crippen LogP contribution in [0.25, 0.3) is 0 Å². The fraction of sp³-hybridized carbons (Fsp3) is 0.286.